The lowest BCUT2D eigenvalue weighted by Gasteiger charge is -2.32. The lowest BCUT2D eigenvalue weighted by atomic mass is 9.89. The first-order valence-corrected chi connectivity index (χ1v) is 7.64. The van der Waals surface area contributed by atoms with Gasteiger partial charge in [-0.3, -0.25) is 4.79 Å². The Labute approximate surface area is 128 Å². The van der Waals surface area contributed by atoms with Crippen molar-refractivity contribution in [3.8, 4) is 11.8 Å². The predicted octanol–water partition coefficient (Wildman–Crippen LogP) is 3.00. The molecule has 1 rings (SSSR count). The van der Waals surface area contributed by atoms with Crippen molar-refractivity contribution >= 4 is 5.91 Å². The lowest BCUT2D eigenvalue weighted by molar-refractivity contribution is 0.0887. The molecule has 0 aromatic heterocycles. The van der Waals surface area contributed by atoms with Crippen molar-refractivity contribution in [2.75, 3.05) is 6.54 Å². The van der Waals surface area contributed by atoms with Crippen LogP contribution >= 0.6 is 0 Å². The number of amides is 1. The van der Waals surface area contributed by atoms with E-state index in [0.29, 0.717) is 12.1 Å². The van der Waals surface area contributed by atoms with Gasteiger partial charge in [-0.05, 0) is 43.9 Å². The molecule has 0 aliphatic rings. The Morgan fingerprint density at radius 1 is 1.24 bits per heavy atom. The first-order chi connectivity index (χ1) is 10.0. The molecule has 0 atom stereocenters. The van der Waals surface area contributed by atoms with Crippen LogP contribution in [-0.2, 0) is 0 Å². The average molecular weight is 286 g/mol. The molecular weight excluding hydrogens is 260 g/mol. The molecular formula is C18H26N2O. The molecule has 0 unspecified atom stereocenters. The summed E-state index contributed by atoms with van der Waals surface area (Å²) in [4.78, 5) is 12.6. The first-order valence-electron chi connectivity index (χ1n) is 7.64. The van der Waals surface area contributed by atoms with Gasteiger partial charge in [0.25, 0.3) is 5.91 Å². The molecule has 1 amide bonds. The molecule has 0 radical (unpaired) electrons. The van der Waals surface area contributed by atoms with E-state index in [1.165, 1.54) is 0 Å². The Bertz CT molecular complexity index is 540. The average Bonchev–Trinajstić information content (AvgIpc) is 2.51. The number of hydrogen-bond donors (Lipinski definition) is 2. The molecule has 1 aromatic rings. The molecule has 21 heavy (non-hydrogen) atoms. The number of rotatable bonds is 5. The predicted molar refractivity (Wildman–Crippen MR) is 88.2 cm³/mol. The highest BCUT2D eigenvalue weighted by Gasteiger charge is 2.26. The Morgan fingerprint density at radius 3 is 2.38 bits per heavy atom. The van der Waals surface area contributed by atoms with Gasteiger partial charge in [-0.15, -0.1) is 0 Å². The number of benzene rings is 1. The van der Waals surface area contributed by atoms with Gasteiger partial charge in [0.2, 0.25) is 0 Å². The van der Waals surface area contributed by atoms with Gasteiger partial charge >= 0.3 is 0 Å². The van der Waals surface area contributed by atoms with Crippen LogP contribution in [0.25, 0.3) is 0 Å². The van der Waals surface area contributed by atoms with E-state index in [9.17, 15) is 4.79 Å². The summed E-state index contributed by atoms with van der Waals surface area (Å²) < 4.78 is 0. The van der Waals surface area contributed by atoms with E-state index in [1.54, 1.807) is 0 Å². The van der Waals surface area contributed by atoms with Gasteiger partial charge in [-0.1, -0.05) is 38.7 Å². The third-order valence-electron chi connectivity index (χ3n) is 4.31. The number of nitrogens with two attached hydrogens (primary N) is 1. The minimum absolute atomic E-state index is 0.0190. The second-order valence-corrected chi connectivity index (χ2v) is 5.28. The third kappa shape index (κ3) is 4.09. The molecule has 0 fully saturated rings. The molecule has 0 aliphatic carbocycles. The van der Waals surface area contributed by atoms with Crippen LogP contribution in [0.2, 0.25) is 0 Å². The highest BCUT2D eigenvalue weighted by atomic mass is 16.1. The second-order valence-electron chi connectivity index (χ2n) is 5.28. The molecule has 0 aliphatic heterocycles. The van der Waals surface area contributed by atoms with E-state index in [1.807, 2.05) is 25.1 Å². The standard InChI is InChI=1S/C18H26N2O/c1-5-18(6-2,7-3)20-17(21)16-12-8-10-15(14(16)4)11-9-13-19/h8,10,12H,5-7,13,19H2,1-4H3,(H,20,21). The number of hydrogen-bond acceptors (Lipinski definition) is 2. The van der Waals surface area contributed by atoms with Gasteiger partial charge in [0, 0.05) is 16.7 Å². The van der Waals surface area contributed by atoms with Crippen LogP contribution < -0.4 is 11.1 Å². The van der Waals surface area contributed by atoms with Gasteiger partial charge in [-0.2, -0.15) is 0 Å². The molecule has 0 saturated carbocycles. The van der Waals surface area contributed by atoms with Crippen molar-refractivity contribution in [2.24, 2.45) is 5.73 Å². The summed E-state index contributed by atoms with van der Waals surface area (Å²) in [6.07, 6.45) is 2.78. The van der Waals surface area contributed by atoms with Gasteiger partial charge < -0.3 is 11.1 Å². The molecule has 3 nitrogen and oxygen atoms in total. The fourth-order valence-corrected chi connectivity index (χ4v) is 2.49. The lowest BCUT2D eigenvalue weighted by Crippen LogP contribution is -2.47. The normalized spacial score (nSPS) is 10.7. The molecule has 0 saturated heterocycles. The van der Waals surface area contributed by atoms with Crippen molar-refractivity contribution in [3.63, 3.8) is 0 Å². The van der Waals surface area contributed by atoms with Gasteiger partial charge in [-0.25, -0.2) is 0 Å². The summed E-state index contributed by atoms with van der Waals surface area (Å²) in [6.45, 7) is 8.59. The number of carbonyl (C=O) groups is 1. The molecule has 0 spiro atoms. The van der Waals surface area contributed by atoms with E-state index < -0.39 is 0 Å². The van der Waals surface area contributed by atoms with E-state index >= 15 is 0 Å². The Balaban J connectivity index is 3.08. The summed E-state index contributed by atoms with van der Waals surface area (Å²) >= 11 is 0. The SMILES string of the molecule is CCC(CC)(CC)NC(=O)c1cccc(C#CCN)c1C. The van der Waals surface area contributed by atoms with Crippen molar-refractivity contribution in [2.45, 2.75) is 52.5 Å². The van der Waals surface area contributed by atoms with Crippen LogP contribution in [0.15, 0.2) is 18.2 Å². The zero-order chi connectivity index (χ0) is 15.9. The van der Waals surface area contributed by atoms with Gasteiger partial charge in [0.1, 0.15) is 0 Å². The molecule has 3 N–H and O–H groups in total. The largest absolute Gasteiger partial charge is 0.347 e. The molecule has 0 bridgehead atoms. The van der Waals surface area contributed by atoms with E-state index in [-0.39, 0.29) is 11.4 Å². The van der Waals surface area contributed by atoms with E-state index in [0.717, 1.165) is 30.4 Å². The zero-order valence-electron chi connectivity index (χ0n) is 13.5. The van der Waals surface area contributed by atoms with E-state index in [2.05, 4.69) is 37.9 Å². The highest BCUT2D eigenvalue weighted by molar-refractivity contribution is 5.96. The van der Waals surface area contributed by atoms with Crippen molar-refractivity contribution in [1.82, 2.24) is 5.32 Å². The smallest absolute Gasteiger partial charge is 0.252 e. The quantitative estimate of drug-likeness (QED) is 0.818. The van der Waals surface area contributed by atoms with Crippen molar-refractivity contribution < 1.29 is 4.79 Å². The van der Waals surface area contributed by atoms with Crippen LogP contribution in [0.3, 0.4) is 0 Å². The van der Waals surface area contributed by atoms with E-state index in [4.69, 9.17) is 5.73 Å². The maximum atomic E-state index is 12.6. The summed E-state index contributed by atoms with van der Waals surface area (Å²) in [5.41, 5.74) is 7.75. The Hall–Kier alpha value is -1.79. The number of carbonyl (C=O) groups excluding carboxylic acids is 1. The van der Waals surface area contributed by atoms with Crippen LogP contribution in [0.1, 0.15) is 61.5 Å². The first kappa shape index (κ1) is 17.3. The maximum Gasteiger partial charge on any atom is 0.252 e. The Morgan fingerprint density at radius 2 is 1.86 bits per heavy atom. The number of nitrogens with one attached hydrogen (secondary N) is 1. The van der Waals surface area contributed by atoms with Crippen molar-refractivity contribution in [1.29, 1.82) is 0 Å². The maximum absolute atomic E-state index is 12.6. The van der Waals surface area contributed by atoms with Gasteiger partial charge in [0.15, 0.2) is 0 Å². The highest BCUT2D eigenvalue weighted by Crippen LogP contribution is 2.21. The van der Waals surface area contributed by atoms with Crippen molar-refractivity contribution in [3.05, 3.63) is 34.9 Å². The molecule has 3 heteroatoms. The molecule has 114 valence electrons. The van der Waals surface area contributed by atoms with Crippen LogP contribution in [-0.4, -0.2) is 18.0 Å². The zero-order valence-corrected chi connectivity index (χ0v) is 13.5. The van der Waals surface area contributed by atoms with Crippen LogP contribution in [0, 0.1) is 18.8 Å². The summed E-state index contributed by atoms with van der Waals surface area (Å²) in [5.74, 6) is 5.84. The summed E-state index contributed by atoms with van der Waals surface area (Å²) in [5, 5.41) is 3.21. The fraction of sp³-hybridized carbons (Fsp3) is 0.500. The minimum atomic E-state index is -0.123. The fourth-order valence-electron chi connectivity index (χ4n) is 2.49. The molecule has 1 aromatic carbocycles. The minimum Gasteiger partial charge on any atom is -0.347 e. The van der Waals surface area contributed by atoms with Gasteiger partial charge in [0.05, 0.1) is 6.54 Å². The second kappa shape index (κ2) is 7.85. The summed E-state index contributed by atoms with van der Waals surface area (Å²) in [7, 11) is 0. The van der Waals surface area contributed by atoms with Crippen LogP contribution in [0.4, 0.5) is 0 Å². The summed E-state index contributed by atoms with van der Waals surface area (Å²) in [6, 6.07) is 5.64. The third-order valence-corrected chi connectivity index (χ3v) is 4.31. The monoisotopic (exact) mass is 286 g/mol. The van der Waals surface area contributed by atoms with Crippen LogP contribution in [0.5, 0.6) is 0 Å². The topological polar surface area (TPSA) is 55.1 Å². The molecule has 0 heterocycles. The Kier molecular flexibility index (Phi) is 6.45.